The average Bonchev–Trinajstić information content (AvgIpc) is 2.93. The van der Waals surface area contributed by atoms with Gasteiger partial charge in [0.1, 0.15) is 0 Å². The molecule has 1 heterocycles. The SMILES string of the molecule is CCNC(=NCc1sc(C)nc1C)NCC#Cc1ccc(C(F)(F)F)cc1. The van der Waals surface area contributed by atoms with Gasteiger partial charge in [0.05, 0.1) is 29.4 Å². The molecule has 0 aliphatic carbocycles. The number of hydrogen-bond acceptors (Lipinski definition) is 3. The topological polar surface area (TPSA) is 49.3 Å². The zero-order valence-corrected chi connectivity index (χ0v) is 16.2. The Labute approximate surface area is 160 Å². The first-order chi connectivity index (χ1) is 12.8. The normalized spacial score (nSPS) is 11.7. The molecule has 2 N–H and O–H groups in total. The standard InChI is InChI=1S/C19H21F3N4S/c1-4-23-18(25-12-17-13(2)26-14(3)27-17)24-11-5-6-15-7-9-16(10-8-15)19(20,21)22/h7-10H,4,11-12H2,1-3H3,(H2,23,24,25). The first-order valence-electron chi connectivity index (χ1n) is 8.40. The van der Waals surface area contributed by atoms with Crippen LogP contribution in [0.4, 0.5) is 13.2 Å². The Kier molecular flexibility index (Phi) is 7.25. The van der Waals surface area contributed by atoms with Crippen molar-refractivity contribution >= 4 is 17.3 Å². The summed E-state index contributed by atoms with van der Waals surface area (Å²) in [5.74, 6) is 6.36. The van der Waals surface area contributed by atoms with Crippen molar-refractivity contribution in [3.05, 3.63) is 51.0 Å². The van der Waals surface area contributed by atoms with Crippen LogP contribution in [0.15, 0.2) is 29.3 Å². The number of nitrogens with one attached hydrogen (secondary N) is 2. The second-order valence-corrected chi connectivity index (χ2v) is 6.95. The van der Waals surface area contributed by atoms with Crippen molar-refractivity contribution in [2.45, 2.75) is 33.5 Å². The summed E-state index contributed by atoms with van der Waals surface area (Å²) in [6.07, 6.45) is -4.33. The van der Waals surface area contributed by atoms with E-state index < -0.39 is 11.7 Å². The predicted octanol–water partition coefficient (Wildman–Crippen LogP) is 3.89. The molecule has 0 radical (unpaired) electrons. The third kappa shape index (κ3) is 6.61. The minimum atomic E-state index is -4.33. The van der Waals surface area contributed by atoms with Crippen LogP contribution in [-0.2, 0) is 12.7 Å². The highest BCUT2D eigenvalue weighted by atomic mass is 32.1. The average molecular weight is 394 g/mol. The molecule has 0 saturated carbocycles. The maximum absolute atomic E-state index is 12.5. The van der Waals surface area contributed by atoms with E-state index in [1.165, 1.54) is 12.1 Å². The fourth-order valence-electron chi connectivity index (χ4n) is 2.23. The Bertz CT molecular complexity index is 843. The number of thiazole rings is 1. The highest BCUT2D eigenvalue weighted by Crippen LogP contribution is 2.28. The molecule has 0 aliphatic heterocycles. The lowest BCUT2D eigenvalue weighted by molar-refractivity contribution is -0.137. The van der Waals surface area contributed by atoms with Crippen LogP contribution in [-0.4, -0.2) is 24.0 Å². The van der Waals surface area contributed by atoms with Gasteiger partial charge in [0.2, 0.25) is 0 Å². The van der Waals surface area contributed by atoms with Crippen LogP contribution in [0.1, 0.15) is 33.6 Å². The molecule has 0 spiro atoms. The largest absolute Gasteiger partial charge is 0.416 e. The summed E-state index contributed by atoms with van der Waals surface area (Å²) in [5, 5.41) is 7.24. The van der Waals surface area contributed by atoms with Crippen molar-refractivity contribution in [2.75, 3.05) is 13.1 Å². The summed E-state index contributed by atoms with van der Waals surface area (Å²) < 4.78 is 37.6. The predicted molar refractivity (Wildman–Crippen MR) is 103 cm³/mol. The molecule has 0 unspecified atom stereocenters. The summed E-state index contributed by atoms with van der Waals surface area (Å²) in [4.78, 5) is 10.0. The van der Waals surface area contributed by atoms with Gasteiger partial charge in [-0.1, -0.05) is 11.8 Å². The van der Waals surface area contributed by atoms with Crippen LogP contribution in [0.5, 0.6) is 0 Å². The Balaban J connectivity index is 1.93. The van der Waals surface area contributed by atoms with E-state index in [0.29, 0.717) is 31.2 Å². The molecule has 0 saturated heterocycles. The molecule has 144 valence electrons. The molecule has 0 aliphatic rings. The minimum absolute atomic E-state index is 0.327. The van der Waals surface area contributed by atoms with Gasteiger partial charge in [-0.3, -0.25) is 0 Å². The quantitative estimate of drug-likeness (QED) is 0.470. The van der Waals surface area contributed by atoms with Gasteiger partial charge in [-0.05, 0) is 45.0 Å². The molecule has 27 heavy (non-hydrogen) atoms. The van der Waals surface area contributed by atoms with Gasteiger partial charge in [0.15, 0.2) is 5.96 Å². The van der Waals surface area contributed by atoms with Gasteiger partial charge in [-0.25, -0.2) is 9.98 Å². The second kappa shape index (κ2) is 9.42. The Morgan fingerprint density at radius 3 is 2.44 bits per heavy atom. The smallest absolute Gasteiger partial charge is 0.357 e. The molecule has 2 rings (SSSR count). The van der Waals surface area contributed by atoms with E-state index in [2.05, 4.69) is 32.5 Å². The van der Waals surface area contributed by atoms with Crippen molar-refractivity contribution in [1.29, 1.82) is 0 Å². The van der Waals surface area contributed by atoms with Crippen LogP contribution in [0.25, 0.3) is 0 Å². The van der Waals surface area contributed by atoms with Gasteiger partial charge in [-0.15, -0.1) is 11.3 Å². The molecule has 4 nitrogen and oxygen atoms in total. The Morgan fingerprint density at radius 2 is 1.89 bits per heavy atom. The number of alkyl halides is 3. The molecular formula is C19H21F3N4S. The first-order valence-corrected chi connectivity index (χ1v) is 9.22. The van der Waals surface area contributed by atoms with Crippen LogP contribution in [0, 0.1) is 25.7 Å². The number of aryl methyl sites for hydroxylation is 2. The molecule has 0 bridgehead atoms. The molecule has 0 atom stereocenters. The van der Waals surface area contributed by atoms with Crippen LogP contribution in [0.2, 0.25) is 0 Å². The van der Waals surface area contributed by atoms with Crippen LogP contribution < -0.4 is 10.6 Å². The fraction of sp³-hybridized carbons (Fsp3) is 0.368. The molecule has 0 amide bonds. The van der Waals surface area contributed by atoms with E-state index in [0.717, 1.165) is 27.7 Å². The zero-order valence-electron chi connectivity index (χ0n) is 15.4. The number of hydrogen-bond donors (Lipinski definition) is 2. The van der Waals surface area contributed by atoms with Gasteiger partial charge in [0, 0.05) is 17.0 Å². The van der Waals surface area contributed by atoms with E-state index in [-0.39, 0.29) is 0 Å². The number of halogens is 3. The molecule has 2 aromatic rings. The van der Waals surface area contributed by atoms with Crippen molar-refractivity contribution in [2.24, 2.45) is 4.99 Å². The van der Waals surface area contributed by atoms with Gasteiger partial charge in [0.25, 0.3) is 0 Å². The molecule has 0 fully saturated rings. The molecule has 1 aromatic heterocycles. The van der Waals surface area contributed by atoms with E-state index in [1.807, 2.05) is 20.8 Å². The number of guanidine groups is 1. The second-order valence-electron chi connectivity index (χ2n) is 5.67. The van der Waals surface area contributed by atoms with Crippen LogP contribution in [0.3, 0.4) is 0 Å². The first kappa shape index (κ1) is 20.8. The number of aromatic nitrogens is 1. The van der Waals surface area contributed by atoms with E-state index in [1.54, 1.807) is 11.3 Å². The maximum Gasteiger partial charge on any atom is 0.416 e. The summed E-state index contributed by atoms with van der Waals surface area (Å²) in [6.45, 7) is 7.45. The highest BCUT2D eigenvalue weighted by Gasteiger charge is 2.29. The summed E-state index contributed by atoms with van der Waals surface area (Å²) >= 11 is 1.62. The number of benzene rings is 1. The monoisotopic (exact) mass is 394 g/mol. The van der Waals surface area contributed by atoms with Crippen molar-refractivity contribution in [1.82, 2.24) is 15.6 Å². The lowest BCUT2D eigenvalue weighted by Gasteiger charge is -2.08. The van der Waals surface area contributed by atoms with E-state index >= 15 is 0 Å². The lowest BCUT2D eigenvalue weighted by atomic mass is 10.1. The Hall–Kier alpha value is -2.53. The summed E-state index contributed by atoms with van der Waals surface area (Å²) in [6, 6.07) is 4.79. The van der Waals surface area contributed by atoms with E-state index in [4.69, 9.17) is 0 Å². The molecule has 8 heteroatoms. The molecular weight excluding hydrogens is 373 g/mol. The number of rotatable bonds is 4. The zero-order chi connectivity index (χ0) is 19.9. The number of nitrogens with zero attached hydrogens (tertiary/aromatic N) is 2. The molecule has 1 aromatic carbocycles. The van der Waals surface area contributed by atoms with Gasteiger partial charge in [-0.2, -0.15) is 13.2 Å². The van der Waals surface area contributed by atoms with E-state index in [9.17, 15) is 13.2 Å². The maximum atomic E-state index is 12.5. The Morgan fingerprint density at radius 1 is 1.19 bits per heavy atom. The number of aliphatic imine (C=N–C) groups is 1. The van der Waals surface area contributed by atoms with Crippen LogP contribution >= 0.6 is 11.3 Å². The van der Waals surface area contributed by atoms with Crippen molar-refractivity contribution in [3.8, 4) is 11.8 Å². The summed E-state index contributed by atoms with van der Waals surface area (Å²) in [5.41, 5.74) is 0.836. The highest BCUT2D eigenvalue weighted by molar-refractivity contribution is 7.11. The lowest BCUT2D eigenvalue weighted by Crippen LogP contribution is -2.37. The summed E-state index contributed by atoms with van der Waals surface area (Å²) in [7, 11) is 0. The van der Waals surface area contributed by atoms with Gasteiger partial charge < -0.3 is 10.6 Å². The third-order valence-corrected chi connectivity index (χ3v) is 4.57. The van der Waals surface area contributed by atoms with Crippen molar-refractivity contribution < 1.29 is 13.2 Å². The van der Waals surface area contributed by atoms with Crippen molar-refractivity contribution in [3.63, 3.8) is 0 Å². The fourth-order valence-corrected chi connectivity index (χ4v) is 3.09. The van der Waals surface area contributed by atoms with Gasteiger partial charge >= 0.3 is 6.18 Å². The minimum Gasteiger partial charge on any atom is -0.357 e. The third-order valence-electron chi connectivity index (χ3n) is 3.51.